The van der Waals surface area contributed by atoms with Crippen molar-refractivity contribution >= 4 is 22.6 Å². The largest absolute Gasteiger partial charge is 0.369 e. The molecule has 1 aliphatic heterocycles. The molecule has 2 heterocycles. The maximum atomic E-state index is 13.1. The molecule has 27 heavy (non-hydrogen) atoms. The van der Waals surface area contributed by atoms with E-state index < -0.39 is 0 Å². The number of carbonyl (C=O) groups excluding carboxylic acids is 2. The van der Waals surface area contributed by atoms with Gasteiger partial charge in [-0.05, 0) is 25.3 Å². The molecule has 7 nitrogen and oxygen atoms in total. The summed E-state index contributed by atoms with van der Waals surface area (Å²) in [5, 5.41) is 5.52. The second-order valence-electron chi connectivity index (χ2n) is 7.10. The third kappa shape index (κ3) is 4.02. The molecule has 2 N–H and O–H groups in total. The van der Waals surface area contributed by atoms with Gasteiger partial charge in [0.15, 0.2) is 5.69 Å². The van der Waals surface area contributed by atoms with E-state index in [2.05, 4.69) is 12.0 Å². The van der Waals surface area contributed by atoms with Crippen molar-refractivity contribution in [3.8, 4) is 0 Å². The van der Waals surface area contributed by atoms with Crippen molar-refractivity contribution in [2.45, 2.75) is 45.6 Å². The molecule has 0 aliphatic carbocycles. The van der Waals surface area contributed by atoms with Crippen molar-refractivity contribution in [3.05, 3.63) is 40.3 Å². The Morgan fingerprint density at radius 2 is 1.81 bits per heavy atom. The van der Waals surface area contributed by atoms with Gasteiger partial charge in [-0.25, -0.2) is 4.68 Å². The fourth-order valence-electron chi connectivity index (χ4n) is 3.57. The number of nitrogens with zero attached hydrogens (tertiary/aromatic N) is 3. The van der Waals surface area contributed by atoms with Gasteiger partial charge in [0, 0.05) is 30.9 Å². The Morgan fingerprint density at radius 1 is 1.15 bits per heavy atom. The number of carbonyl (C=O) groups is 2. The Labute approximate surface area is 158 Å². The topological polar surface area (TPSA) is 98.3 Å². The smallest absolute Gasteiger partial charge is 0.274 e. The molecule has 7 heteroatoms. The van der Waals surface area contributed by atoms with E-state index in [9.17, 15) is 14.4 Å². The minimum absolute atomic E-state index is 0.161. The minimum Gasteiger partial charge on any atom is -0.369 e. The number of piperidine rings is 1. The van der Waals surface area contributed by atoms with Crippen molar-refractivity contribution in [2.24, 2.45) is 11.7 Å². The van der Waals surface area contributed by atoms with Crippen molar-refractivity contribution in [3.63, 3.8) is 0 Å². The van der Waals surface area contributed by atoms with Crippen LogP contribution in [0.2, 0.25) is 0 Å². The first-order valence-electron chi connectivity index (χ1n) is 9.61. The molecule has 0 bridgehead atoms. The van der Waals surface area contributed by atoms with Gasteiger partial charge < -0.3 is 10.6 Å². The first-order valence-corrected chi connectivity index (χ1v) is 9.61. The Hall–Kier alpha value is -2.70. The van der Waals surface area contributed by atoms with E-state index in [-0.39, 0.29) is 23.3 Å². The number of amides is 2. The van der Waals surface area contributed by atoms with Gasteiger partial charge in [0.05, 0.1) is 5.39 Å². The molecule has 0 unspecified atom stereocenters. The number of aryl methyl sites for hydroxylation is 1. The van der Waals surface area contributed by atoms with E-state index in [1.807, 2.05) is 0 Å². The number of hydrogen-bond acceptors (Lipinski definition) is 4. The van der Waals surface area contributed by atoms with Crippen LogP contribution in [-0.4, -0.2) is 39.6 Å². The van der Waals surface area contributed by atoms with Gasteiger partial charge in [0.25, 0.3) is 11.5 Å². The molecule has 3 rings (SSSR count). The van der Waals surface area contributed by atoms with Gasteiger partial charge in [-0.15, -0.1) is 0 Å². The van der Waals surface area contributed by atoms with E-state index in [0.29, 0.717) is 48.9 Å². The fourth-order valence-corrected chi connectivity index (χ4v) is 3.57. The Bertz CT molecular complexity index is 898. The van der Waals surface area contributed by atoms with Crippen LogP contribution in [0.15, 0.2) is 29.1 Å². The van der Waals surface area contributed by atoms with Crippen LogP contribution in [0.1, 0.15) is 49.5 Å². The molecule has 0 spiro atoms. The highest BCUT2D eigenvalue weighted by Gasteiger charge is 2.28. The van der Waals surface area contributed by atoms with Crippen molar-refractivity contribution < 1.29 is 9.59 Å². The number of aromatic nitrogens is 2. The first kappa shape index (κ1) is 19.1. The zero-order valence-electron chi connectivity index (χ0n) is 15.7. The van der Waals surface area contributed by atoms with Crippen molar-refractivity contribution in [1.82, 2.24) is 14.7 Å². The van der Waals surface area contributed by atoms with Crippen LogP contribution in [0.5, 0.6) is 0 Å². The van der Waals surface area contributed by atoms with Gasteiger partial charge in [-0.3, -0.25) is 14.4 Å². The van der Waals surface area contributed by atoms with Gasteiger partial charge in [-0.1, -0.05) is 38.0 Å². The maximum Gasteiger partial charge on any atom is 0.274 e. The number of unbranched alkanes of at least 4 members (excludes halogenated alkanes) is 2. The molecule has 1 aliphatic rings. The number of fused-ring (bicyclic) bond motifs is 1. The predicted molar refractivity (Wildman–Crippen MR) is 103 cm³/mol. The zero-order chi connectivity index (χ0) is 19.4. The number of primary amides is 1. The number of likely N-dealkylation sites (tertiary alicyclic amines) is 1. The standard InChI is InChI=1S/C20H26N4O3/c1-2-3-6-11-24-19(26)16-8-5-4-7-15(16)17(22-24)20(27)23-12-9-14(10-13-23)18(21)25/h4-5,7-8,14H,2-3,6,9-13H2,1H3,(H2,21,25). The summed E-state index contributed by atoms with van der Waals surface area (Å²) < 4.78 is 1.42. The average molecular weight is 370 g/mol. The lowest BCUT2D eigenvalue weighted by molar-refractivity contribution is -0.123. The van der Waals surface area contributed by atoms with Crippen LogP contribution in [0, 0.1) is 5.92 Å². The van der Waals surface area contributed by atoms with Crippen LogP contribution in [-0.2, 0) is 11.3 Å². The Balaban J connectivity index is 1.93. The molecular weight excluding hydrogens is 344 g/mol. The summed E-state index contributed by atoms with van der Waals surface area (Å²) in [7, 11) is 0. The van der Waals surface area contributed by atoms with E-state index >= 15 is 0 Å². The summed E-state index contributed by atoms with van der Waals surface area (Å²) in [5.74, 6) is -0.685. The normalized spacial score (nSPS) is 15.2. The molecule has 144 valence electrons. The minimum atomic E-state index is -0.310. The van der Waals surface area contributed by atoms with E-state index in [4.69, 9.17) is 5.73 Å². The zero-order valence-corrected chi connectivity index (χ0v) is 15.7. The molecule has 0 saturated carbocycles. The number of hydrogen-bond donors (Lipinski definition) is 1. The number of nitrogens with two attached hydrogens (primary N) is 1. The Morgan fingerprint density at radius 3 is 2.44 bits per heavy atom. The second-order valence-corrected chi connectivity index (χ2v) is 7.10. The molecular formula is C20H26N4O3. The summed E-state index contributed by atoms with van der Waals surface area (Å²) in [6, 6.07) is 7.11. The highest BCUT2D eigenvalue weighted by atomic mass is 16.2. The molecule has 1 aromatic heterocycles. The molecule has 1 saturated heterocycles. The summed E-state index contributed by atoms with van der Waals surface area (Å²) >= 11 is 0. The first-order chi connectivity index (χ1) is 13.0. The quantitative estimate of drug-likeness (QED) is 0.786. The van der Waals surface area contributed by atoms with Gasteiger partial charge in [-0.2, -0.15) is 5.10 Å². The molecule has 0 atom stereocenters. The predicted octanol–water partition coefficient (Wildman–Crippen LogP) is 1.92. The third-order valence-corrected chi connectivity index (χ3v) is 5.23. The van der Waals surface area contributed by atoms with Crippen LogP contribution in [0.4, 0.5) is 0 Å². The van der Waals surface area contributed by atoms with Gasteiger partial charge in [0.2, 0.25) is 5.91 Å². The third-order valence-electron chi connectivity index (χ3n) is 5.23. The highest BCUT2D eigenvalue weighted by molar-refractivity contribution is 6.04. The van der Waals surface area contributed by atoms with Crippen LogP contribution in [0.25, 0.3) is 10.8 Å². The fraction of sp³-hybridized carbons (Fsp3) is 0.500. The highest BCUT2D eigenvalue weighted by Crippen LogP contribution is 2.21. The number of benzene rings is 1. The monoisotopic (exact) mass is 370 g/mol. The van der Waals surface area contributed by atoms with Crippen LogP contribution in [0.3, 0.4) is 0 Å². The second kappa shape index (κ2) is 8.33. The molecule has 1 fully saturated rings. The lowest BCUT2D eigenvalue weighted by Crippen LogP contribution is -2.42. The number of rotatable bonds is 6. The average Bonchev–Trinajstić information content (AvgIpc) is 2.69. The van der Waals surface area contributed by atoms with E-state index in [1.165, 1.54) is 4.68 Å². The van der Waals surface area contributed by atoms with Gasteiger partial charge >= 0.3 is 0 Å². The van der Waals surface area contributed by atoms with E-state index in [0.717, 1.165) is 19.3 Å². The Kier molecular flexibility index (Phi) is 5.88. The van der Waals surface area contributed by atoms with E-state index in [1.54, 1.807) is 29.2 Å². The van der Waals surface area contributed by atoms with Gasteiger partial charge in [0.1, 0.15) is 0 Å². The van der Waals surface area contributed by atoms with Crippen molar-refractivity contribution in [2.75, 3.05) is 13.1 Å². The summed E-state index contributed by atoms with van der Waals surface area (Å²) in [6.07, 6.45) is 4.03. The molecule has 0 radical (unpaired) electrons. The lowest BCUT2D eigenvalue weighted by atomic mass is 9.96. The van der Waals surface area contributed by atoms with Crippen LogP contribution < -0.4 is 11.3 Å². The SMILES string of the molecule is CCCCCn1nc(C(=O)N2CCC(C(N)=O)CC2)c2ccccc2c1=O. The van der Waals surface area contributed by atoms with Crippen molar-refractivity contribution in [1.29, 1.82) is 0 Å². The summed E-state index contributed by atoms with van der Waals surface area (Å²) in [5.41, 5.74) is 5.52. The summed E-state index contributed by atoms with van der Waals surface area (Å²) in [6.45, 7) is 3.54. The van der Waals surface area contributed by atoms with Crippen LogP contribution >= 0.6 is 0 Å². The summed E-state index contributed by atoms with van der Waals surface area (Å²) in [4.78, 5) is 38.9. The molecule has 1 aromatic carbocycles. The molecule has 2 amide bonds. The molecule has 2 aromatic rings. The lowest BCUT2D eigenvalue weighted by Gasteiger charge is -2.30. The maximum absolute atomic E-state index is 13.1.